The topological polar surface area (TPSA) is 46.9 Å². The fourth-order valence-corrected chi connectivity index (χ4v) is 1.88. The number of hydrogen-bond donors (Lipinski definition) is 1. The zero-order valence-corrected chi connectivity index (χ0v) is 10.9. The maximum absolute atomic E-state index is 11.8. The van der Waals surface area contributed by atoms with Crippen LogP contribution in [-0.2, 0) is 6.54 Å². The Morgan fingerprint density at radius 3 is 2.88 bits per heavy atom. The van der Waals surface area contributed by atoms with Crippen molar-refractivity contribution in [3.05, 3.63) is 57.0 Å². The van der Waals surface area contributed by atoms with Crippen molar-refractivity contribution >= 4 is 21.7 Å². The Bertz CT molecular complexity index is 563. The summed E-state index contributed by atoms with van der Waals surface area (Å²) in [6.07, 6.45) is 3.53. The lowest BCUT2D eigenvalue weighted by Crippen LogP contribution is -2.20. The third kappa shape index (κ3) is 2.74. The van der Waals surface area contributed by atoms with Crippen LogP contribution in [0.15, 0.2) is 45.9 Å². The second-order valence-corrected chi connectivity index (χ2v) is 4.45. The average molecular weight is 294 g/mol. The molecule has 0 aromatic carbocycles. The molecule has 0 bridgehead atoms. The van der Waals surface area contributed by atoms with Crippen molar-refractivity contribution in [2.45, 2.75) is 6.54 Å². The van der Waals surface area contributed by atoms with Gasteiger partial charge in [-0.25, -0.2) is 4.98 Å². The molecule has 17 heavy (non-hydrogen) atoms. The third-order valence-electron chi connectivity index (χ3n) is 2.41. The van der Waals surface area contributed by atoms with Gasteiger partial charge in [-0.15, -0.1) is 0 Å². The molecule has 0 fully saturated rings. The van der Waals surface area contributed by atoms with E-state index in [0.717, 1.165) is 11.4 Å². The normalized spacial score (nSPS) is 10.2. The van der Waals surface area contributed by atoms with Crippen LogP contribution in [0.25, 0.3) is 0 Å². The number of rotatable bonds is 3. The van der Waals surface area contributed by atoms with Crippen molar-refractivity contribution in [1.82, 2.24) is 9.55 Å². The zero-order valence-electron chi connectivity index (χ0n) is 9.35. The van der Waals surface area contributed by atoms with Gasteiger partial charge in [-0.1, -0.05) is 6.07 Å². The monoisotopic (exact) mass is 293 g/mol. The molecule has 0 saturated carbocycles. The van der Waals surface area contributed by atoms with Crippen molar-refractivity contribution in [2.24, 2.45) is 0 Å². The highest BCUT2D eigenvalue weighted by molar-refractivity contribution is 9.10. The van der Waals surface area contributed by atoms with E-state index in [2.05, 4.69) is 26.2 Å². The molecule has 4 nitrogen and oxygen atoms in total. The summed E-state index contributed by atoms with van der Waals surface area (Å²) in [6.45, 7) is 0.523. The summed E-state index contributed by atoms with van der Waals surface area (Å²) in [7, 11) is 1.82. The van der Waals surface area contributed by atoms with Crippen LogP contribution < -0.4 is 10.9 Å². The maximum Gasteiger partial charge on any atom is 0.265 e. The first kappa shape index (κ1) is 11.9. The second-order valence-electron chi connectivity index (χ2n) is 3.59. The van der Waals surface area contributed by atoms with E-state index in [-0.39, 0.29) is 5.56 Å². The van der Waals surface area contributed by atoms with Crippen LogP contribution in [0.1, 0.15) is 5.56 Å². The van der Waals surface area contributed by atoms with Gasteiger partial charge in [-0.2, -0.15) is 0 Å². The van der Waals surface area contributed by atoms with Crippen molar-refractivity contribution in [2.75, 3.05) is 12.4 Å². The average Bonchev–Trinajstić information content (AvgIpc) is 2.36. The smallest absolute Gasteiger partial charge is 0.265 e. The zero-order chi connectivity index (χ0) is 12.3. The fourth-order valence-electron chi connectivity index (χ4n) is 1.49. The Balaban J connectivity index is 2.25. The van der Waals surface area contributed by atoms with Crippen molar-refractivity contribution in [1.29, 1.82) is 0 Å². The van der Waals surface area contributed by atoms with Gasteiger partial charge in [0.05, 0.1) is 11.0 Å². The molecule has 5 heteroatoms. The molecule has 0 aliphatic rings. The van der Waals surface area contributed by atoms with Crippen LogP contribution in [0.4, 0.5) is 5.82 Å². The fraction of sp³-hybridized carbons (Fsp3) is 0.167. The molecule has 0 aliphatic carbocycles. The van der Waals surface area contributed by atoms with Crippen LogP contribution in [-0.4, -0.2) is 16.6 Å². The Hall–Kier alpha value is -1.62. The van der Waals surface area contributed by atoms with Crippen LogP contribution in [0.2, 0.25) is 0 Å². The Kier molecular flexibility index (Phi) is 3.58. The molecule has 0 radical (unpaired) electrons. The summed E-state index contributed by atoms with van der Waals surface area (Å²) in [5, 5.41) is 2.95. The number of anilines is 1. The van der Waals surface area contributed by atoms with E-state index >= 15 is 0 Å². The Morgan fingerprint density at radius 2 is 2.24 bits per heavy atom. The van der Waals surface area contributed by atoms with E-state index in [1.807, 2.05) is 25.2 Å². The minimum atomic E-state index is -0.0369. The molecule has 0 unspecified atom stereocenters. The number of hydrogen-bond acceptors (Lipinski definition) is 3. The molecule has 1 N–H and O–H groups in total. The minimum absolute atomic E-state index is 0.0369. The summed E-state index contributed by atoms with van der Waals surface area (Å²) in [5.41, 5.74) is 0.953. The predicted octanol–water partition coefficient (Wildman–Crippen LogP) is 2.10. The van der Waals surface area contributed by atoms with Gasteiger partial charge in [-0.05, 0) is 39.7 Å². The van der Waals surface area contributed by atoms with Gasteiger partial charge in [0.1, 0.15) is 5.82 Å². The highest BCUT2D eigenvalue weighted by Crippen LogP contribution is 2.06. The quantitative estimate of drug-likeness (QED) is 0.943. The van der Waals surface area contributed by atoms with Crippen molar-refractivity contribution < 1.29 is 0 Å². The van der Waals surface area contributed by atoms with E-state index in [4.69, 9.17) is 0 Å². The predicted molar refractivity (Wildman–Crippen MR) is 71.3 cm³/mol. The first-order valence-corrected chi connectivity index (χ1v) is 5.97. The van der Waals surface area contributed by atoms with Gasteiger partial charge in [0.25, 0.3) is 5.56 Å². The molecule has 2 aromatic heterocycles. The van der Waals surface area contributed by atoms with Gasteiger partial charge in [0, 0.05) is 19.4 Å². The number of aromatic nitrogens is 2. The number of nitrogens with zero attached hydrogens (tertiary/aromatic N) is 2. The van der Waals surface area contributed by atoms with E-state index in [9.17, 15) is 4.79 Å². The molecule has 0 saturated heterocycles. The Labute approximate surface area is 107 Å². The molecule has 2 rings (SSSR count). The van der Waals surface area contributed by atoms with E-state index in [0.29, 0.717) is 11.0 Å². The highest BCUT2D eigenvalue weighted by Gasteiger charge is 2.01. The van der Waals surface area contributed by atoms with Crippen LogP contribution >= 0.6 is 15.9 Å². The minimum Gasteiger partial charge on any atom is -0.373 e. The summed E-state index contributed by atoms with van der Waals surface area (Å²) >= 11 is 3.22. The molecule has 2 heterocycles. The first-order chi connectivity index (χ1) is 8.20. The lowest BCUT2D eigenvalue weighted by molar-refractivity contribution is 0.752. The lowest BCUT2D eigenvalue weighted by atomic mass is 10.2. The Morgan fingerprint density at radius 1 is 1.41 bits per heavy atom. The van der Waals surface area contributed by atoms with Crippen LogP contribution in [0, 0.1) is 0 Å². The number of halogens is 1. The van der Waals surface area contributed by atoms with E-state index in [1.54, 1.807) is 23.0 Å². The van der Waals surface area contributed by atoms with Gasteiger partial charge >= 0.3 is 0 Å². The lowest BCUT2D eigenvalue weighted by Gasteiger charge is -2.06. The van der Waals surface area contributed by atoms with Gasteiger partial charge in [0.15, 0.2) is 0 Å². The molecule has 0 atom stereocenters. The molecule has 0 spiro atoms. The molecular formula is C12H12BrN3O. The molecule has 2 aromatic rings. The van der Waals surface area contributed by atoms with Crippen molar-refractivity contribution in [3.8, 4) is 0 Å². The van der Waals surface area contributed by atoms with E-state index < -0.39 is 0 Å². The van der Waals surface area contributed by atoms with Gasteiger partial charge < -0.3 is 9.88 Å². The second kappa shape index (κ2) is 5.14. The van der Waals surface area contributed by atoms with Crippen LogP contribution in [0.3, 0.4) is 0 Å². The van der Waals surface area contributed by atoms with Crippen molar-refractivity contribution in [3.63, 3.8) is 0 Å². The summed E-state index contributed by atoms with van der Waals surface area (Å²) in [4.78, 5) is 16.0. The first-order valence-electron chi connectivity index (χ1n) is 5.18. The summed E-state index contributed by atoms with van der Waals surface area (Å²) < 4.78 is 2.21. The molecular weight excluding hydrogens is 282 g/mol. The molecule has 88 valence electrons. The van der Waals surface area contributed by atoms with Gasteiger partial charge in [0.2, 0.25) is 0 Å². The largest absolute Gasteiger partial charge is 0.373 e. The molecule has 0 aliphatic heterocycles. The summed E-state index contributed by atoms with van der Waals surface area (Å²) in [5.74, 6) is 0.815. The molecule has 0 amide bonds. The summed E-state index contributed by atoms with van der Waals surface area (Å²) in [6, 6.07) is 7.41. The third-order valence-corrected chi connectivity index (χ3v) is 3.01. The number of nitrogens with one attached hydrogen (secondary N) is 1. The highest BCUT2D eigenvalue weighted by atomic mass is 79.9. The van der Waals surface area contributed by atoms with E-state index in [1.165, 1.54) is 0 Å². The standard InChI is InChI=1S/C12H12BrN3O/c1-14-11-5-4-9(7-15-11)8-16-6-2-3-10(13)12(16)17/h2-7H,8H2,1H3,(H,14,15). The SMILES string of the molecule is CNc1ccc(Cn2cccc(Br)c2=O)cn1. The maximum atomic E-state index is 11.8. The number of pyridine rings is 2. The van der Waals surface area contributed by atoms with Gasteiger partial charge in [-0.3, -0.25) is 4.79 Å². The van der Waals surface area contributed by atoms with Crippen LogP contribution in [0.5, 0.6) is 0 Å².